The van der Waals surface area contributed by atoms with E-state index in [-0.39, 0.29) is 17.3 Å². The van der Waals surface area contributed by atoms with E-state index in [0.717, 1.165) is 0 Å². The van der Waals surface area contributed by atoms with Crippen molar-refractivity contribution in [1.29, 1.82) is 0 Å². The molecule has 0 aromatic carbocycles. The van der Waals surface area contributed by atoms with Gasteiger partial charge in [-0.15, -0.1) is 11.8 Å². The Kier molecular flexibility index (Phi) is 3.00. The highest BCUT2D eigenvalue weighted by molar-refractivity contribution is 8.01. The molecular weight excluding hydrogens is 264 g/mol. The smallest absolute Gasteiger partial charge is 0.331 e. The van der Waals surface area contributed by atoms with Crippen molar-refractivity contribution in [2.24, 2.45) is 0 Å². The van der Waals surface area contributed by atoms with Crippen LogP contribution in [0.2, 0.25) is 0 Å². The number of alkyl halides is 1. The fourth-order valence-corrected chi connectivity index (χ4v) is 3.94. The van der Waals surface area contributed by atoms with Gasteiger partial charge in [0.2, 0.25) is 0 Å². The molecule has 1 unspecified atom stereocenters. The van der Waals surface area contributed by atoms with Gasteiger partial charge < -0.3 is 9.64 Å². The molecule has 0 radical (unpaired) electrons. The molecule has 2 rings (SSSR count). The van der Waals surface area contributed by atoms with Gasteiger partial charge in [0.25, 0.3) is 0 Å². The highest BCUT2D eigenvalue weighted by atomic mass is 35.5. The fourth-order valence-electron chi connectivity index (χ4n) is 2.23. The van der Waals surface area contributed by atoms with Crippen LogP contribution < -0.4 is 0 Å². The van der Waals surface area contributed by atoms with Crippen molar-refractivity contribution in [3.8, 4) is 0 Å². The number of carbonyl (C=O) groups excluding carboxylic acids is 2. The first-order valence-electron chi connectivity index (χ1n) is 5.03. The third kappa shape index (κ3) is 1.69. The number of ether oxygens (including phenoxy) is 1. The zero-order valence-corrected chi connectivity index (χ0v) is 10.9. The number of esters is 1. The maximum atomic E-state index is 11.8. The van der Waals surface area contributed by atoms with Crippen LogP contribution in [0.5, 0.6) is 0 Å². The molecular formula is C10H11ClN2O3S. The van der Waals surface area contributed by atoms with Crippen LogP contribution in [0.1, 0.15) is 13.8 Å². The van der Waals surface area contributed by atoms with E-state index < -0.39 is 22.8 Å². The minimum atomic E-state index is -0.659. The second kappa shape index (κ2) is 4.07. The zero-order chi connectivity index (χ0) is 12.8. The second-order valence-electron chi connectivity index (χ2n) is 4.41. The Morgan fingerprint density at radius 2 is 2.35 bits per heavy atom. The largest absolute Gasteiger partial charge is 0.448 e. The average molecular weight is 275 g/mol. The molecule has 0 bridgehead atoms. The Labute approximate surface area is 108 Å². The minimum absolute atomic E-state index is 0.227. The van der Waals surface area contributed by atoms with Gasteiger partial charge in [-0.05, 0) is 13.8 Å². The summed E-state index contributed by atoms with van der Waals surface area (Å²) in [6, 6.07) is -1.54. The predicted octanol–water partition coefficient (Wildman–Crippen LogP) is 1.08. The molecule has 92 valence electrons. The van der Waals surface area contributed by atoms with Crippen LogP contribution in [-0.2, 0) is 14.3 Å². The standard InChI is InChI=1S/C10H11ClN2O3S/c1-10(2)6(9(15)16-4-11)13-7(14)5(12-3)8(13)17-10/h5-6,8H,4H2,1-2H3/t5?,6-,8+/m0/s1. The Morgan fingerprint density at radius 3 is 2.88 bits per heavy atom. The predicted molar refractivity (Wildman–Crippen MR) is 63.3 cm³/mol. The summed E-state index contributed by atoms with van der Waals surface area (Å²) in [7, 11) is 0. The highest BCUT2D eigenvalue weighted by Gasteiger charge is 2.67. The van der Waals surface area contributed by atoms with Crippen molar-refractivity contribution in [2.45, 2.75) is 36.1 Å². The number of nitrogens with zero attached hydrogens (tertiary/aromatic N) is 2. The lowest BCUT2D eigenvalue weighted by Crippen LogP contribution is -2.64. The summed E-state index contributed by atoms with van der Waals surface area (Å²) < 4.78 is 4.32. The van der Waals surface area contributed by atoms with Gasteiger partial charge in [-0.1, -0.05) is 11.6 Å². The van der Waals surface area contributed by atoms with Gasteiger partial charge in [0, 0.05) is 4.75 Å². The van der Waals surface area contributed by atoms with Crippen LogP contribution in [0, 0.1) is 6.57 Å². The average Bonchev–Trinajstić information content (AvgIpc) is 2.48. The van der Waals surface area contributed by atoms with E-state index in [4.69, 9.17) is 22.9 Å². The monoisotopic (exact) mass is 274 g/mol. The first-order chi connectivity index (χ1) is 7.94. The third-order valence-corrected chi connectivity index (χ3v) is 4.64. The number of thioether (sulfide) groups is 1. The number of carbonyl (C=O) groups is 2. The Bertz CT molecular complexity index is 420. The van der Waals surface area contributed by atoms with Gasteiger partial charge in [0.05, 0.1) is 0 Å². The van der Waals surface area contributed by atoms with Gasteiger partial charge in [0.15, 0.2) is 11.4 Å². The summed E-state index contributed by atoms with van der Waals surface area (Å²) in [6.45, 7) is 10.7. The van der Waals surface area contributed by atoms with E-state index in [9.17, 15) is 9.59 Å². The lowest BCUT2D eigenvalue weighted by atomic mass is 9.96. The summed E-state index contributed by atoms with van der Waals surface area (Å²) in [5.74, 6) is -0.795. The number of hydrogen-bond donors (Lipinski definition) is 0. The zero-order valence-electron chi connectivity index (χ0n) is 9.34. The fraction of sp³-hybridized carbons (Fsp3) is 0.700. The van der Waals surface area contributed by atoms with Gasteiger partial charge in [-0.2, -0.15) is 0 Å². The van der Waals surface area contributed by atoms with Crippen LogP contribution in [0.4, 0.5) is 0 Å². The van der Waals surface area contributed by atoms with Crippen LogP contribution >= 0.6 is 23.4 Å². The van der Waals surface area contributed by atoms with Crippen molar-refractivity contribution >= 4 is 35.2 Å². The normalized spacial score (nSPS) is 33.6. The van der Waals surface area contributed by atoms with E-state index in [1.807, 2.05) is 13.8 Å². The van der Waals surface area contributed by atoms with Crippen LogP contribution in [0.15, 0.2) is 0 Å². The molecule has 0 aliphatic carbocycles. The molecule has 7 heteroatoms. The van der Waals surface area contributed by atoms with E-state index in [2.05, 4.69) is 4.85 Å². The lowest BCUT2D eigenvalue weighted by Gasteiger charge is -2.37. The maximum Gasteiger partial charge on any atom is 0.331 e. The first-order valence-corrected chi connectivity index (χ1v) is 6.44. The Morgan fingerprint density at radius 1 is 1.71 bits per heavy atom. The van der Waals surface area contributed by atoms with Gasteiger partial charge >= 0.3 is 17.9 Å². The van der Waals surface area contributed by atoms with Crippen molar-refractivity contribution in [3.05, 3.63) is 11.4 Å². The van der Waals surface area contributed by atoms with Crippen molar-refractivity contribution in [3.63, 3.8) is 0 Å². The Balaban J connectivity index is 2.25. The molecule has 0 aromatic rings. The number of amides is 1. The van der Waals surface area contributed by atoms with Crippen molar-refractivity contribution in [1.82, 2.24) is 4.90 Å². The second-order valence-corrected chi connectivity index (χ2v) is 6.40. The third-order valence-electron chi connectivity index (χ3n) is 2.97. The van der Waals surface area contributed by atoms with Gasteiger partial charge in [-0.25, -0.2) is 11.4 Å². The molecule has 0 aromatic heterocycles. The number of halogens is 1. The molecule has 0 saturated carbocycles. The number of β-lactam (4-membered cyclic amide) rings is 1. The molecule has 2 aliphatic rings. The molecule has 0 N–H and O–H groups in total. The highest BCUT2D eigenvalue weighted by Crippen LogP contribution is 2.51. The molecule has 2 heterocycles. The van der Waals surface area contributed by atoms with Gasteiger partial charge in [-0.3, -0.25) is 9.64 Å². The van der Waals surface area contributed by atoms with Crippen LogP contribution in [0.3, 0.4) is 0 Å². The first kappa shape index (κ1) is 12.5. The van der Waals surface area contributed by atoms with E-state index in [0.29, 0.717) is 0 Å². The topological polar surface area (TPSA) is 51.0 Å². The number of fused-ring (bicyclic) bond motifs is 1. The van der Waals surface area contributed by atoms with E-state index >= 15 is 0 Å². The maximum absolute atomic E-state index is 11.8. The van der Waals surface area contributed by atoms with Crippen LogP contribution in [0.25, 0.3) is 4.85 Å². The molecule has 0 spiro atoms. The molecule has 2 fully saturated rings. The molecule has 2 aliphatic heterocycles. The van der Waals surface area contributed by atoms with Crippen molar-refractivity contribution in [2.75, 3.05) is 6.07 Å². The molecule has 2 saturated heterocycles. The number of hydrogen-bond acceptors (Lipinski definition) is 4. The van der Waals surface area contributed by atoms with Gasteiger partial charge in [0.1, 0.15) is 6.04 Å². The molecule has 1 amide bonds. The Hall–Kier alpha value is -0.930. The van der Waals surface area contributed by atoms with E-state index in [1.165, 1.54) is 16.7 Å². The lowest BCUT2D eigenvalue weighted by molar-refractivity contribution is -0.160. The summed E-state index contributed by atoms with van der Waals surface area (Å²) in [6.07, 6.45) is 0. The van der Waals surface area contributed by atoms with Crippen LogP contribution in [-0.4, -0.2) is 45.0 Å². The summed E-state index contributed by atoms with van der Waals surface area (Å²) >= 11 is 6.82. The molecule has 17 heavy (non-hydrogen) atoms. The number of rotatable bonds is 2. The SMILES string of the molecule is [C-]#[N+]C1C(=O)N2[C@@H]1SC(C)(C)[C@@H]2C(=O)OCCl. The molecule has 5 nitrogen and oxygen atoms in total. The minimum Gasteiger partial charge on any atom is -0.448 e. The summed E-state index contributed by atoms with van der Waals surface area (Å²) in [5.41, 5.74) is 0. The van der Waals surface area contributed by atoms with E-state index in [1.54, 1.807) is 0 Å². The summed E-state index contributed by atoms with van der Waals surface area (Å²) in [4.78, 5) is 28.3. The summed E-state index contributed by atoms with van der Waals surface area (Å²) in [5, 5.41) is -0.233. The quantitative estimate of drug-likeness (QED) is 0.327. The molecule has 3 atom stereocenters. The van der Waals surface area contributed by atoms with Crippen molar-refractivity contribution < 1.29 is 14.3 Å².